The van der Waals surface area contributed by atoms with Crippen molar-refractivity contribution in [3.8, 4) is 0 Å². The van der Waals surface area contributed by atoms with Crippen LogP contribution >= 0.6 is 0 Å². The molecule has 0 aliphatic heterocycles. The molecule has 0 aliphatic carbocycles. The highest BCUT2D eigenvalue weighted by Crippen LogP contribution is 2.05. The van der Waals surface area contributed by atoms with E-state index in [1.165, 1.54) is 0 Å². The summed E-state index contributed by atoms with van der Waals surface area (Å²) >= 11 is 0. The van der Waals surface area contributed by atoms with Crippen LogP contribution in [0.25, 0.3) is 0 Å². The van der Waals surface area contributed by atoms with Crippen molar-refractivity contribution in [2.45, 2.75) is 26.7 Å². The molecule has 0 saturated heterocycles. The van der Waals surface area contributed by atoms with E-state index < -0.39 is 0 Å². The molecule has 0 unspecified atom stereocenters. The average Bonchev–Trinajstić information content (AvgIpc) is 2.37. The predicted octanol–water partition coefficient (Wildman–Crippen LogP) is 2.55. The maximum atomic E-state index is 11.7. The summed E-state index contributed by atoms with van der Waals surface area (Å²) in [6.07, 6.45) is 1.49. The third-order valence-electron chi connectivity index (χ3n) is 2.73. The minimum absolute atomic E-state index is 0.248. The molecule has 0 aliphatic rings. The Morgan fingerprint density at radius 1 is 1.29 bits per heavy atom. The number of hydrogen-bond donors (Lipinski definition) is 1. The van der Waals surface area contributed by atoms with Crippen molar-refractivity contribution in [2.75, 3.05) is 25.0 Å². The van der Waals surface area contributed by atoms with E-state index >= 15 is 0 Å². The second kappa shape index (κ2) is 7.71. The second-order valence-electron chi connectivity index (χ2n) is 3.89. The third-order valence-corrected chi connectivity index (χ3v) is 2.73. The maximum absolute atomic E-state index is 11.7. The lowest BCUT2D eigenvalue weighted by atomic mass is 10.2. The Labute approximate surface area is 104 Å². The molecule has 1 N–H and O–H groups in total. The molecule has 0 atom stereocenters. The number of nitrogens with zero attached hydrogens (tertiary/aromatic N) is 1. The van der Waals surface area contributed by atoms with Gasteiger partial charge in [0.15, 0.2) is 0 Å². The van der Waals surface area contributed by atoms with Gasteiger partial charge in [0, 0.05) is 31.7 Å². The van der Waals surface area contributed by atoms with Crippen molar-refractivity contribution in [2.24, 2.45) is 0 Å². The standard InChI is InChI=1S/C14H21N2O/c1-3-16(4-2)14(17)11-8-12-15-13-9-6-5-7-10-13/h6-7,9-10,15H,3-4,8,11-12H2,1-2H3. The fourth-order valence-corrected chi connectivity index (χ4v) is 1.71. The van der Waals surface area contributed by atoms with Crippen molar-refractivity contribution in [1.29, 1.82) is 0 Å². The number of amides is 1. The molecule has 1 aromatic rings. The number of benzene rings is 1. The Bertz CT molecular complexity index is 320. The third kappa shape index (κ3) is 4.89. The van der Waals surface area contributed by atoms with Crippen LogP contribution < -0.4 is 5.32 Å². The molecule has 0 aromatic heterocycles. The first kappa shape index (κ1) is 13.6. The summed E-state index contributed by atoms with van der Waals surface area (Å²) in [6, 6.07) is 10.7. The molecule has 93 valence electrons. The molecule has 1 rings (SSSR count). The van der Waals surface area contributed by atoms with E-state index in [9.17, 15) is 4.79 Å². The molecule has 0 heterocycles. The average molecular weight is 233 g/mol. The van der Waals surface area contributed by atoms with Crippen LogP contribution in [0.2, 0.25) is 0 Å². The van der Waals surface area contributed by atoms with Crippen LogP contribution in [-0.4, -0.2) is 30.4 Å². The number of hydrogen-bond acceptors (Lipinski definition) is 2. The maximum Gasteiger partial charge on any atom is 0.222 e. The van der Waals surface area contributed by atoms with Crippen LogP contribution in [0.1, 0.15) is 26.7 Å². The van der Waals surface area contributed by atoms with E-state index in [4.69, 9.17) is 0 Å². The molecule has 1 radical (unpaired) electrons. The Morgan fingerprint density at radius 2 is 1.94 bits per heavy atom. The topological polar surface area (TPSA) is 32.3 Å². The molecule has 17 heavy (non-hydrogen) atoms. The molecule has 1 aromatic carbocycles. The quantitative estimate of drug-likeness (QED) is 0.734. The van der Waals surface area contributed by atoms with Crippen molar-refractivity contribution in [3.63, 3.8) is 0 Å². The van der Waals surface area contributed by atoms with Gasteiger partial charge >= 0.3 is 0 Å². The monoisotopic (exact) mass is 233 g/mol. The van der Waals surface area contributed by atoms with Gasteiger partial charge in [-0.25, -0.2) is 0 Å². The predicted molar refractivity (Wildman–Crippen MR) is 70.9 cm³/mol. The molecular weight excluding hydrogens is 212 g/mol. The Morgan fingerprint density at radius 3 is 2.53 bits per heavy atom. The van der Waals surface area contributed by atoms with Gasteiger partial charge in [0.2, 0.25) is 5.91 Å². The highest BCUT2D eigenvalue weighted by atomic mass is 16.2. The zero-order valence-corrected chi connectivity index (χ0v) is 10.7. The van der Waals surface area contributed by atoms with Gasteiger partial charge in [-0.3, -0.25) is 4.79 Å². The molecule has 3 nitrogen and oxygen atoms in total. The summed E-state index contributed by atoms with van der Waals surface area (Å²) < 4.78 is 0. The molecule has 3 heteroatoms. The number of carbonyl (C=O) groups excluding carboxylic acids is 1. The van der Waals surface area contributed by atoms with E-state index in [1.54, 1.807) is 0 Å². The summed E-state index contributed by atoms with van der Waals surface area (Å²) in [6.45, 7) is 6.46. The van der Waals surface area contributed by atoms with Gasteiger partial charge in [-0.2, -0.15) is 0 Å². The van der Waals surface area contributed by atoms with Crippen LogP contribution in [-0.2, 0) is 4.79 Å². The highest BCUT2D eigenvalue weighted by Gasteiger charge is 2.07. The fourth-order valence-electron chi connectivity index (χ4n) is 1.71. The van der Waals surface area contributed by atoms with E-state index in [1.807, 2.05) is 43.0 Å². The first-order valence-corrected chi connectivity index (χ1v) is 6.25. The lowest BCUT2D eigenvalue weighted by molar-refractivity contribution is -0.130. The molecule has 0 saturated carbocycles. The summed E-state index contributed by atoms with van der Waals surface area (Å²) in [7, 11) is 0. The van der Waals surface area contributed by atoms with Crippen LogP contribution in [0.3, 0.4) is 0 Å². The molecule has 0 fully saturated rings. The normalized spacial score (nSPS) is 10.0. The van der Waals surface area contributed by atoms with Gasteiger partial charge < -0.3 is 10.2 Å². The van der Waals surface area contributed by atoms with Gasteiger partial charge in [-0.05, 0) is 38.5 Å². The summed E-state index contributed by atoms with van der Waals surface area (Å²) in [5.41, 5.74) is 1.08. The van der Waals surface area contributed by atoms with Gasteiger partial charge in [0.25, 0.3) is 0 Å². The Balaban J connectivity index is 2.18. The zero-order valence-electron chi connectivity index (χ0n) is 10.7. The van der Waals surface area contributed by atoms with E-state index in [-0.39, 0.29) is 5.91 Å². The van der Waals surface area contributed by atoms with Crippen LogP contribution in [0.4, 0.5) is 5.69 Å². The van der Waals surface area contributed by atoms with Crippen molar-refractivity contribution < 1.29 is 4.79 Å². The number of anilines is 1. The van der Waals surface area contributed by atoms with Gasteiger partial charge in [0.1, 0.15) is 0 Å². The first-order valence-electron chi connectivity index (χ1n) is 6.25. The first-order chi connectivity index (χ1) is 8.27. The zero-order chi connectivity index (χ0) is 12.5. The van der Waals surface area contributed by atoms with Gasteiger partial charge in [-0.1, -0.05) is 12.1 Å². The van der Waals surface area contributed by atoms with Gasteiger partial charge in [-0.15, -0.1) is 0 Å². The lowest BCUT2D eigenvalue weighted by Gasteiger charge is -2.18. The number of carbonyl (C=O) groups is 1. The number of rotatable bonds is 7. The lowest BCUT2D eigenvalue weighted by Crippen LogP contribution is -2.30. The summed E-state index contributed by atoms with van der Waals surface area (Å²) in [5, 5.41) is 3.28. The van der Waals surface area contributed by atoms with Crippen molar-refractivity contribution in [1.82, 2.24) is 4.90 Å². The number of nitrogens with one attached hydrogen (secondary N) is 1. The van der Waals surface area contributed by atoms with Crippen LogP contribution in [0.5, 0.6) is 0 Å². The minimum Gasteiger partial charge on any atom is -0.385 e. The van der Waals surface area contributed by atoms with E-state index in [0.717, 1.165) is 31.7 Å². The van der Waals surface area contributed by atoms with E-state index in [0.29, 0.717) is 6.42 Å². The molecule has 1 amide bonds. The molecular formula is C14H21N2O. The fraction of sp³-hybridized carbons (Fsp3) is 0.500. The Hall–Kier alpha value is -1.51. The minimum atomic E-state index is 0.248. The SMILES string of the molecule is CCN(CC)C(=O)CCCNc1cc[c]cc1. The molecule has 0 bridgehead atoms. The Kier molecular flexibility index (Phi) is 6.15. The summed E-state index contributed by atoms with van der Waals surface area (Å²) in [5.74, 6) is 0.248. The highest BCUT2D eigenvalue weighted by molar-refractivity contribution is 5.76. The van der Waals surface area contributed by atoms with Crippen LogP contribution in [0, 0.1) is 6.07 Å². The van der Waals surface area contributed by atoms with E-state index in [2.05, 4.69) is 11.4 Å². The summed E-state index contributed by atoms with van der Waals surface area (Å²) in [4.78, 5) is 13.6. The molecule has 0 spiro atoms. The van der Waals surface area contributed by atoms with Gasteiger partial charge in [0.05, 0.1) is 0 Å². The largest absolute Gasteiger partial charge is 0.385 e. The van der Waals surface area contributed by atoms with Crippen LogP contribution in [0.15, 0.2) is 24.3 Å². The smallest absolute Gasteiger partial charge is 0.222 e. The van der Waals surface area contributed by atoms with Crippen molar-refractivity contribution >= 4 is 11.6 Å². The van der Waals surface area contributed by atoms with Crippen molar-refractivity contribution in [3.05, 3.63) is 30.3 Å². The second-order valence-corrected chi connectivity index (χ2v) is 3.89.